The molecule has 0 aromatic heterocycles. The summed E-state index contributed by atoms with van der Waals surface area (Å²) in [6, 6.07) is 10.7. The minimum atomic E-state index is 0.0428. The lowest BCUT2D eigenvalue weighted by Crippen LogP contribution is -1.79. The van der Waals surface area contributed by atoms with Gasteiger partial charge in [-0.3, -0.25) is 0 Å². The van der Waals surface area contributed by atoms with Crippen molar-refractivity contribution in [3.8, 4) is 12.1 Å². The molecule has 0 saturated carbocycles. The number of nitrogens with zero attached hydrogens (tertiary/aromatic N) is 5. The van der Waals surface area contributed by atoms with Gasteiger partial charge in [-0.2, -0.15) is 10.5 Å². The lowest BCUT2D eigenvalue weighted by Gasteiger charge is -1.98. The van der Waals surface area contributed by atoms with E-state index in [9.17, 15) is 0 Å². The average Bonchev–Trinajstić information content (AvgIpc) is 2.31. The van der Waals surface area contributed by atoms with E-state index in [1.54, 1.807) is 30.3 Å². The Morgan fingerprint density at radius 2 is 2.19 bits per heavy atom. The first-order valence-electron chi connectivity index (χ1n) is 4.43. The fourth-order valence-corrected chi connectivity index (χ4v) is 1.14. The molecule has 76 valence electrons. The fraction of sp³-hybridized carbons (Fsp3) is 0.0909. The zero-order chi connectivity index (χ0) is 11.8. The minimum Gasteiger partial charge on any atom is -0.198 e. The van der Waals surface area contributed by atoms with Gasteiger partial charge in [0.05, 0.1) is 18.6 Å². The molecule has 0 unspecified atom stereocenters. The van der Waals surface area contributed by atoms with Gasteiger partial charge in [-0.1, -0.05) is 29.4 Å². The van der Waals surface area contributed by atoms with E-state index in [0.717, 1.165) is 0 Å². The van der Waals surface area contributed by atoms with E-state index in [-0.39, 0.29) is 6.42 Å². The summed E-state index contributed by atoms with van der Waals surface area (Å²) in [7, 11) is 0. The number of nitriles is 2. The SMILES string of the molecule is N#CC/C(C#N)=C\c1ccccc1N=[N+]=[N-]. The van der Waals surface area contributed by atoms with Gasteiger partial charge in [0.15, 0.2) is 0 Å². The molecule has 0 saturated heterocycles. The maximum Gasteiger partial charge on any atom is 0.0958 e. The van der Waals surface area contributed by atoms with Crippen LogP contribution in [0.3, 0.4) is 0 Å². The molecule has 0 bridgehead atoms. The Morgan fingerprint density at radius 3 is 2.81 bits per heavy atom. The molecule has 0 aliphatic carbocycles. The number of benzene rings is 1. The summed E-state index contributed by atoms with van der Waals surface area (Å²) in [5, 5.41) is 20.8. The van der Waals surface area contributed by atoms with Crippen molar-refractivity contribution in [1.29, 1.82) is 10.5 Å². The summed E-state index contributed by atoms with van der Waals surface area (Å²) in [5.41, 5.74) is 9.77. The molecule has 0 aliphatic rings. The molecule has 0 atom stereocenters. The molecule has 5 heteroatoms. The van der Waals surface area contributed by atoms with Crippen molar-refractivity contribution in [1.82, 2.24) is 0 Å². The molecule has 0 radical (unpaired) electrons. The highest BCUT2D eigenvalue weighted by atomic mass is 15.1. The van der Waals surface area contributed by atoms with Crippen molar-refractivity contribution >= 4 is 11.8 Å². The van der Waals surface area contributed by atoms with Crippen molar-refractivity contribution in [2.75, 3.05) is 0 Å². The lowest BCUT2D eigenvalue weighted by molar-refractivity contribution is 1.28. The second kappa shape index (κ2) is 5.87. The first-order valence-corrected chi connectivity index (χ1v) is 4.43. The van der Waals surface area contributed by atoms with Crippen LogP contribution in [0, 0.1) is 22.7 Å². The van der Waals surface area contributed by atoms with Crippen LogP contribution in [0.15, 0.2) is 35.0 Å². The van der Waals surface area contributed by atoms with Gasteiger partial charge in [0.2, 0.25) is 0 Å². The Kier molecular flexibility index (Phi) is 4.16. The third-order valence-electron chi connectivity index (χ3n) is 1.83. The highest BCUT2D eigenvalue weighted by Gasteiger charge is 1.99. The molecule has 0 aliphatic heterocycles. The Labute approximate surface area is 92.5 Å². The normalized spacial score (nSPS) is 9.75. The Bertz CT molecular complexity index is 538. The Morgan fingerprint density at radius 1 is 1.44 bits per heavy atom. The van der Waals surface area contributed by atoms with Gasteiger partial charge in [-0.05, 0) is 17.2 Å². The first kappa shape index (κ1) is 11.3. The third kappa shape index (κ3) is 2.88. The van der Waals surface area contributed by atoms with Crippen LogP contribution in [0.4, 0.5) is 5.69 Å². The number of allylic oxidation sites excluding steroid dienone is 1. The smallest absolute Gasteiger partial charge is 0.0958 e. The van der Waals surface area contributed by atoms with Crippen molar-refractivity contribution < 1.29 is 0 Å². The van der Waals surface area contributed by atoms with Crippen LogP contribution in [0.2, 0.25) is 0 Å². The highest BCUT2D eigenvalue weighted by molar-refractivity contribution is 5.67. The number of hydrogen-bond acceptors (Lipinski definition) is 3. The summed E-state index contributed by atoms with van der Waals surface area (Å²) in [6.45, 7) is 0. The third-order valence-corrected chi connectivity index (χ3v) is 1.83. The monoisotopic (exact) mass is 209 g/mol. The van der Waals surface area contributed by atoms with Crippen molar-refractivity contribution in [3.63, 3.8) is 0 Å². The maximum atomic E-state index is 8.77. The summed E-state index contributed by atoms with van der Waals surface area (Å²) in [5.74, 6) is 0. The van der Waals surface area contributed by atoms with Crippen molar-refractivity contribution in [2.45, 2.75) is 6.42 Å². The molecule has 5 nitrogen and oxygen atoms in total. The molecule has 0 amide bonds. The molecule has 0 fully saturated rings. The molecule has 0 spiro atoms. The summed E-state index contributed by atoms with van der Waals surface area (Å²) >= 11 is 0. The van der Waals surface area contributed by atoms with Gasteiger partial charge >= 0.3 is 0 Å². The van der Waals surface area contributed by atoms with Crippen molar-refractivity contribution in [2.24, 2.45) is 5.11 Å². The van der Waals surface area contributed by atoms with E-state index in [2.05, 4.69) is 10.0 Å². The molecule has 0 heterocycles. The summed E-state index contributed by atoms with van der Waals surface area (Å²) in [6.07, 6.45) is 1.59. The van der Waals surface area contributed by atoms with E-state index in [4.69, 9.17) is 16.1 Å². The molecule has 1 aromatic carbocycles. The van der Waals surface area contributed by atoms with Gasteiger partial charge in [-0.25, -0.2) is 0 Å². The molecule has 16 heavy (non-hydrogen) atoms. The summed E-state index contributed by atoms with van der Waals surface area (Å²) < 4.78 is 0. The van der Waals surface area contributed by atoms with Gasteiger partial charge in [0.1, 0.15) is 0 Å². The average molecular weight is 209 g/mol. The number of azide groups is 1. The Hall–Kier alpha value is -2.75. The molecular weight excluding hydrogens is 202 g/mol. The maximum absolute atomic E-state index is 8.77. The minimum absolute atomic E-state index is 0.0428. The largest absolute Gasteiger partial charge is 0.198 e. The van der Waals surface area contributed by atoms with E-state index in [0.29, 0.717) is 16.8 Å². The van der Waals surface area contributed by atoms with Crippen LogP contribution in [0.5, 0.6) is 0 Å². The van der Waals surface area contributed by atoms with Gasteiger partial charge in [0, 0.05) is 16.2 Å². The van der Waals surface area contributed by atoms with Crippen LogP contribution in [0.1, 0.15) is 12.0 Å². The molecule has 0 N–H and O–H groups in total. The molecule has 1 aromatic rings. The molecule has 1 rings (SSSR count). The second-order valence-corrected chi connectivity index (χ2v) is 2.86. The zero-order valence-corrected chi connectivity index (χ0v) is 8.33. The van der Waals surface area contributed by atoms with Crippen LogP contribution >= 0.6 is 0 Å². The van der Waals surface area contributed by atoms with E-state index in [1.807, 2.05) is 12.1 Å². The van der Waals surface area contributed by atoms with E-state index >= 15 is 0 Å². The number of hydrogen-bond donors (Lipinski definition) is 0. The van der Waals surface area contributed by atoms with Crippen LogP contribution in [-0.2, 0) is 0 Å². The zero-order valence-electron chi connectivity index (χ0n) is 8.33. The van der Waals surface area contributed by atoms with Gasteiger partial charge < -0.3 is 0 Å². The second-order valence-electron chi connectivity index (χ2n) is 2.86. The lowest BCUT2D eigenvalue weighted by atomic mass is 10.1. The van der Waals surface area contributed by atoms with Gasteiger partial charge in [0.25, 0.3) is 0 Å². The van der Waals surface area contributed by atoms with Gasteiger partial charge in [-0.15, -0.1) is 0 Å². The van der Waals surface area contributed by atoms with Crippen molar-refractivity contribution in [3.05, 3.63) is 45.8 Å². The predicted octanol–water partition coefficient (Wildman–Crippen LogP) is 3.45. The summed E-state index contributed by atoms with van der Waals surface area (Å²) in [4.78, 5) is 2.69. The topological polar surface area (TPSA) is 96.3 Å². The van der Waals surface area contributed by atoms with E-state index < -0.39 is 0 Å². The standard InChI is InChI=1S/C11H7N5/c12-6-5-9(8-13)7-10-3-1-2-4-11(10)15-16-14/h1-4,7H,5H2/b9-7+. The van der Waals surface area contributed by atoms with Crippen LogP contribution in [0.25, 0.3) is 16.5 Å². The quantitative estimate of drug-likeness (QED) is 0.329. The van der Waals surface area contributed by atoms with Crippen LogP contribution < -0.4 is 0 Å². The Balaban J connectivity index is 3.19. The molecular formula is C11H7N5. The van der Waals surface area contributed by atoms with Crippen LogP contribution in [-0.4, -0.2) is 0 Å². The highest BCUT2D eigenvalue weighted by Crippen LogP contribution is 2.22. The predicted molar refractivity (Wildman–Crippen MR) is 59.1 cm³/mol. The fourth-order valence-electron chi connectivity index (χ4n) is 1.14. The van der Waals surface area contributed by atoms with E-state index in [1.165, 1.54) is 0 Å². The number of rotatable bonds is 3. The first-order chi connectivity index (χ1) is 7.81.